The number of nitrogens with one attached hydrogen (secondary N) is 1. The van der Waals surface area contributed by atoms with Crippen LogP contribution in [0.5, 0.6) is 0 Å². The summed E-state index contributed by atoms with van der Waals surface area (Å²) in [6, 6.07) is 7.62. The van der Waals surface area contributed by atoms with Crippen LogP contribution in [-0.2, 0) is 17.6 Å². The Hall–Kier alpha value is -1.39. The standard InChI is InChI=1S/C16H19ClN2OS/c1-12-11-21-16(19-12)3-2-10-18-15(20)9-6-13-4-7-14(17)8-5-13/h4-5,7-8,11H,2-3,6,9-10H2,1H3,(H,18,20). The van der Waals surface area contributed by atoms with Crippen LogP contribution in [0, 0.1) is 6.92 Å². The number of aromatic nitrogens is 1. The van der Waals surface area contributed by atoms with Gasteiger partial charge in [0.25, 0.3) is 0 Å². The molecule has 0 aliphatic heterocycles. The van der Waals surface area contributed by atoms with Crippen molar-refractivity contribution >= 4 is 28.8 Å². The van der Waals surface area contributed by atoms with E-state index >= 15 is 0 Å². The van der Waals surface area contributed by atoms with E-state index in [2.05, 4.69) is 15.7 Å². The van der Waals surface area contributed by atoms with Gasteiger partial charge in [0.15, 0.2) is 0 Å². The molecule has 0 aliphatic rings. The summed E-state index contributed by atoms with van der Waals surface area (Å²) >= 11 is 7.51. The van der Waals surface area contributed by atoms with Crippen LogP contribution in [0.25, 0.3) is 0 Å². The minimum atomic E-state index is 0.0975. The van der Waals surface area contributed by atoms with Crippen molar-refractivity contribution in [2.45, 2.75) is 32.6 Å². The Morgan fingerprint density at radius 1 is 1.29 bits per heavy atom. The van der Waals surface area contributed by atoms with Gasteiger partial charge in [-0.15, -0.1) is 11.3 Å². The fourth-order valence-electron chi connectivity index (χ4n) is 1.98. The molecule has 0 aliphatic carbocycles. The van der Waals surface area contributed by atoms with Crippen molar-refractivity contribution in [3.8, 4) is 0 Å². The number of halogens is 1. The monoisotopic (exact) mass is 322 g/mol. The first-order valence-electron chi connectivity index (χ1n) is 7.05. The van der Waals surface area contributed by atoms with Crippen molar-refractivity contribution < 1.29 is 4.79 Å². The topological polar surface area (TPSA) is 42.0 Å². The lowest BCUT2D eigenvalue weighted by molar-refractivity contribution is -0.121. The van der Waals surface area contributed by atoms with Gasteiger partial charge in [0.05, 0.1) is 5.01 Å². The molecule has 0 saturated carbocycles. The van der Waals surface area contributed by atoms with Crippen LogP contribution in [0.1, 0.15) is 29.1 Å². The molecule has 1 N–H and O–H groups in total. The van der Waals surface area contributed by atoms with Crippen molar-refractivity contribution in [3.05, 3.63) is 50.9 Å². The average Bonchev–Trinajstić information content (AvgIpc) is 2.89. The Morgan fingerprint density at radius 2 is 2.05 bits per heavy atom. The summed E-state index contributed by atoms with van der Waals surface area (Å²) in [7, 11) is 0. The number of aryl methyl sites for hydroxylation is 3. The van der Waals surface area contributed by atoms with Crippen molar-refractivity contribution in [1.82, 2.24) is 10.3 Å². The van der Waals surface area contributed by atoms with Crippen molar-refractivity contribution in [3.63, 3.8) is 0 Å². The molecule has 1 heterocycles. The van der Waals surface area contributed by atoms with E-state index < -0.39 is 0 Å². The van der Waals surface area contributed by atoms with E-state index in [-0.39, 0.29) is 5.91 Å². The van der Waals surface area contributed by atoms with Crippen LogP contribution in [0.3, 0.4) is 0 Å². The highest BCUT2D eigenvalue weighted by Crippen LogP contribution is 2.11. The van der Waals surface area contributed by atoms with Gasteiger partial charge in [0, 0.05) is 35.5 Å². The van der Waals surface area contributed by atoms with Crippen LogP contribution in [0.2, 0.25) is 5.02 Å². The van der Waals surface area contributed by atoms with E-state index in [9.17, 15) is 4.79 Å². The number of hydrogen-bond donors (Lipinski definition) is 1. The maximum Gasteiger partial charge on any atom is 0.220 e. The molecule has 2 aromatic rings. The lowest BCUT2D eigenvalue weighted by atomic mass is 10.1. The minimum absolute atomic E-state index is 0.0975. The Bertz CT molecular complexity index is 580. The number of nitrogens with zero attached hydrogens (tertiary/aromatic N) is 1. The second-order valence-corrected chi connectivity index (χ2v) is 6.34. The molecule has 0 spiro atoms. The molecule has 0 radical (unpaired) electrons. The van der Waals surface area contributed by atoms with E-state index in [0.717, 1.165) is 40.6 Å². The first-order chi connectivity index (χ1) is 10.1. The summed E-state index contributed by atoms with van der Waals surface area (Å²) in [5.74, 6) is 0.0975. The highest BCUT2D eigenvalue weighted by molar-refractivity contribution is 7.09. The second-order valence-electron chi connectivity index (χ2n) is 4.96. The van der Waals surface area contributed by atoms with Gasteiger partial charge in [-0.25, -0.2) is 4.98 Å². The SMILES string of the molecule is Cc1csc(CCCNC(=O)CCc2ccc(Cl)cc2)n1. The Morgan fingerprint density at radius 3 is 2.71 bits per heavy atom. The van der Waals surface area contributed by atoms with Gasteiger partial charge in [-0.1, -0.05) is 23.7 Å². The van der Waals surface area contributed by atoms with Crippen LogP contribution < -0.4 is 5.32 Å². The summed E-state index contributed by atoms with van der Waals surface area (Å²) in [4.78, 5) is 16.2. The van der Waals surface area contributed by atoms with E-state index in [0.29, 0.717) is 13.0 Å². The van der Waals surface area contributed by atoms with Gasteiger partial charge in [0.2, 0.25) is 5.91 Å². The Balaban J connectivity index is 1.60. The summed E-state index contributed by atoms with van der Waals surface area (Å²) in [5, 5.41) is 6.87. The van der Waals surface area contributed by atoms with Crippen LogP contribution in [0.4, 0.5) is 0 Å². The number of amides is 1. The molecule has 5 heteroatoms. The molecule has 0 unspecified atom stereocenters. The van der Waals surface area contributed by atoms with Crippen LogP contribution in [0.15, 0.2) is 29.6 Å². The predicted molar refractivity (Wildman–Crippen MR) is 88.0 cm³/mol. The van der Waals surface area contributed by atoms with Crippen molar-refractivity contribution in [2.75, 3.05) is 6.54 Å². The molecule has 1 aromatic carbocycles. The summed E-state index contributed by atoms with van der Waals surface area (Å²) in [6.07, 6.45) is 3.11. The van der Waals surface area contributed by atoms with Crippen molar-refractivity contribution in [1.29, 1.82) is 0 Å². The smallest absolute Gasteiger partial charge is 0.220 e. The average molecular weight is 323 g/mol. The highest BCUT2D eigenvalue weighted by Gasteiger charge is 2.03. The fraction of sp³-hybridized carbons (Fsp3) is 0.375. The molecule has 0 atom stereocenters. The third-order valence-corrected chi connectivity index (χ3v) is 4.39. The zero-order valence-corrected chi connectivity index (χ0v) is 13.6. The normalized spacial score (nSPS) is 10.6. The fourth-order valence-corrected chi connectivity index (χ4v) is 2.93. The molecule has 112 valence electrons. The zero-order chi connectivity index (χ0) is 15.1. The number of carbonyl (C=O) groups is 1. The quantitative estimate of drug-likeness (QED) is 0.788. The number of hydrogen-bond acceptors (Lipinski definition) is 3. The number of carbonyl (C=O) groups excluding carboxylic acids is 1. The van der Waals surface area contributed by atoms with Crippen molar-refractivity contribution in [2.24, 2.45) is 0 Å². The van der Waals surface area contributed by atoms with Gasteiger partial charge in [-0.05, 0) is 37.5 Å². The van der Waals surface area contributed by atoms with Gasteiger partial charge < -0.3 is 5.32 Å². The molecule has 21 heavy (non-hydrogen) atoms. The first-order valence-corrected chi connectivity index (χ1v) is 8.31. The molecular formula is C16H19ClN2OS. The third kappa shape index (κ3) is 5.86. The van der Waals surface area contributed by atoms with E-state index in [4.69, 9.17) is 11.6 Å². The van der Waals surface area contributed by atoms with E-state index in [1.807, 2.05) is 31.2 Å². The predicted octanol–water partition coefficient (Wildman–Crippen LogP) is 3.79. The molecular weight excluding hydrogens is 304 g/mol. The molecule has 0 fully saturated rings. The maximum absolute atomic E-state index is 11.7. The lowest BCUT2D eigenvalue weighted by Gasteiger charge is -2.05. The number of rotatable bonds is 7. The molecule has 0 bridgehead atoms. The first kappa shape index (κ1) is 16.0. The van der Waals surface area contributed by atoms with E-state index in [1.165, 1.54) is 0 Å². The summed E-state index contributed by atoms with van der Waals surface area (Å²) < 4.78 is 0. The van der Waals surface area contributed by atoms with E-state index in [1.54, 1.807) is 11.3 Å². The van der Waals surface area contributed by atoms with Gasteiger partial charge >= 0.3 is 0 Å². The Kier molecular flexibility index (Phi) is 6.21. The van der Waals surface area contributed by atoms with Crippen LogP contribution in [-0.4, -0.2) is 17.4 Å². The molecule has 2 rings (SSSR count). The summed E-state index contributed by atoms with van der Waals surface area (Å²) in [5.41, 5.74) is 2.20. The molecule has 0 saturated heterocycles. The van der Waals surface area contributed by atoms with Crippen LogP contribution >= 0.6 is 22.9 Å². The zero-order valence-electron chi connectivity index (χ0n) is 12.1. The van der Waals surface area contributed by atoms with Gasteiger partial charge in [0.1, 0.15) is 0 Å². The maximum atomic E-state index is 11.7. The highest BCUT2D eigenvalue weighted by atomic mass is 35.5. The van der Waals surface area contributed by atoms with Gasteiger partial charge in [-0.3, -0.25) is 4.79 Å². The summed E-state index contributed by atoms with van der Waals surface area (Å²) in [6.45, 7) is 2.70. The largest absolute Gasteiger partial charge is 0.356 e. The van der Waals surface area contributed by atoms with Gasteiger partial charge in [-0.2, -0.15) is 0 Å². The Labute approximate surface area is 134 Å². The third-order valence-electron chi connectivity index (χ3n) is 3.11. The molecule has 1 aromatic heterocycles. The molecule has 1 amide bonds. The second kappa shape index (κ2) is 8.15. The molecule has 3 nitrogen and oxygen atoms in total. The minimum Gasteiger partial charge on any atom is -0.356 e. The number of thiazole rings is 1. The number of benzene rings is 1. The lowest BCUT2D eigenvalue weighted by Crippen LogP contribution is -2.24.